The molecule has 1 fully saturated rings. The summed E-state index contributed by atoms with van der Waals surface area (Å²) in [5.41, 5.74) is 2.08. The number of carbonyl (C=O) groups excluding carboxylic acids is 1. The van der Waals surface area contributed by atoms with E-state index in [-0.39, 0.29) is 30.5 Å². The molecule has 1 aromatic rings. The number of amides is 1. The van der Waals surface area contributed by atoms with E-state index in [0.29, 0.717) is 12.1 Å². The molecule has 0 unspecified atom stereocenters. The first-order valence-corrected chi connectivity index (χ1v) is 8.45. The van der Waals surface area contributed by atoms with Crippen LogP contribution < -0.4 is 5.32 Å². The fraction of sp³-hybridized carbons (Fsp3) is 0.538. The largest absolute Gasteiger partial charge is 0.385 e. The van der Waals surface area contributed by atoms with Crippen LogP contribution in [-0.4, -0.2) is 55.3 Å². The average molecular weight is 297 g/mol. The van der Waals surface area contributed by atoms with Crippen molar-refractivity contribution < 1.29 is 13.2 Å². The predicted molar refractivity (Wildman–Crippen MR) is 77.7 cm³/mol. The molecule has 1 aromatic heterocycles. The van der Waals surface area contributed by atoms with Gasteiger partial charge in [0, 0.05) is 31.5 Å². The predicted octanol–water partition coefficient (Wildman–Crippen LogP) is 0.692. The summed E-state index contributed by atoms with van der Waals surface area (Å²) in [6, 6.07) is 1.83. The van der Waals surface area contributed by atoms with Crippen molar-refractivity contribution in [2.24, 2.45) is 0 Å². The number of aromatic nitrogens is 1. The van der Waals surface area contributed by atoms with E-state index in [1.54, 1.807) is 11.1 Å². The molecule has 2 heterocycles. The summed E-state index contributed by atoms with van der Waals surface area (Å²) in [6.45, 7) is 5.03. The van der Waals surface area contributed by atoms with E-state index >= 15 is 0 Å². The first-order valence-electron chi connectivity index (χ1n) is 6.63. The lowest BCUT2D eigenvalue weighted by atomic mass is 10.1. The van der Waals surface area contributed by atoms with Gasteiger partial charge in [-0.1, -0.05) is 0 Å². The molecule has 0 bridgehead atoms. The van der Waals surface area contributed by atoms with E-state index in [4.69, 9.17) is 0 Å². The second-order valence-electron chi connectivity index (χ2n) is 4.85. The molecular weight excluding hydrogens is 278 g/mol. The number of anilines is 1. The van der Waals surface area contributed by atoms with Crippen molar-refractivity contribution in [1.29, 1.82) is 0 Å². The van der Waals surface area contributed by atoms with Crippen molar-refractivity contribution in [3.05, 3.63) is 23.5 Å². The zero-order valence-corrected chi connectivity index (χ0v) is 12.5. The Kier molecular flexibility index (Phi) is 4.27. The summed E-state index contributed by atoms with van der Waals surface area (Å²) in [7, 11) is -2.98. The normalized spacial score (nSPS) is 17.8. The number of hydrogen-bond acceptors (Lipinski definition) is 5. The van der Waals surface area contributed by atoms with E-state index in [1.165, 1.54) is 0 Å². The van der Waals surface area contributed by atoms with Crippen LogP contribution in [0, 0.1) is 6.92 Å². The number of sulfone groups is 1. The second kappa shape index (κ2) is 5.78. The second-order valence-corrected chi connectivity index (χ2v) is 7.15. The van der Waals surface area contributed by atoms with E-state index < -0.39 is 9.84 Å². The first kappa shape index (κ1) is 14.8. The molecule has 20 heavy (non-hydrogen) atoms. The lowest BCUT2D eigenvalue weighted by molar-refractivity contribution is 0.0771. The maximum absolute atomic E-state index is 12.5. The Morgan fingerprint density at radius 1 is 1.40 bits per heavy atom. The number of hydrogen-bond donors (Lipinski definition) is 1. The van der Waals surface area contributed by atoms with Crippen molar-refractivity contribution in [3.8, 4) is 0 Å². The molecule has 6 nitrogen and oxygen atoms in total. The van der Waals surface area contributed by atoms with Gasteiger partial charge in [-0.2, -0.15) is 0 Å². The number of nitrogens with zero attached hydrogens (tertiary/aromatic N) is 2. The van der Waals surface area contributed by atoms with E-state index in [1.807, 2.05) is 19.9 Å². The van der Waals surface area contributed by atoms with Crippen LogP contribution in [0.4, 0.5) is 5.69 Å². The summed E-state index contributed by atoms with van der Waals surface area (Å²) >= 11 is 0. The lowest BCUT2D eigenvalue weighted by Gasteiger charge is -2.27. The van der Waals surface area contributed by atoms with Gasteiger partial charge in [0.05, 0.1) is 22.8 Å². The molecule has 1 aliphatic rings. The van der Waals surface area contributed by atoms with Gasteiger partial charge in [0.25, 0.3) is 5.91 Å². The topological polar surface area (TPSA) is 79.4 Å². The summed E-state index contributed by atoms with van der Waals surface area (Å²) in [4.78, 5) is 18.2. The van der Waals surface area contributed by atoms with Crippen molar-refractivity contribution in [2.75, 3.05) is 36.5 Å². The highest BCUT2D eigenvalue weighted by atomic mass is 32.2. The van der Waals surface area contributed by atoms with Gasteiger partial charge < -0.3 is 10.2 Å². The molecule has 0 radical (unpaired) electrons. The third-order valence-electron chi connectivity index (χ3n) is 3.27. The lowest BCUT2D eigenvalue weighted by Crippen LogP contribution is -2.44. The molecule has 1 saturated heterocycles. The molecule has 0 spiro atoms. The Hall–Kier alpha value is -1.63. The van der Waals surface area contributed by atoms with Crippen molar-refractivity contribution >= 4 is 21.4 Å². The van der Waals surface area contributed by atoms with Crippen LogP contribution in [0.2, 0.25) is 0 Å². The van der Waals surface area contributed by atoms with E-state index in [2.05, 4.69) is 10.3 Å². The highest BCUT2D eigenvalue weighted by Crippen LogP contribution is 2.19. The van der Waals surface area contributed by atoms with Crippen LogP contribution in [0.3, 0.4) is 0 Å². The number of rotatable bonds is 3. The summed E-state index contributed by atoms with van der Waals surface area (Å²) in [6.07, 6.45) is 1.55. The highest BCUT2D eigenvalue weighted by molar-refractivity contribution is 7.91. The molecule has 0 aliphatic carbocycles. The SMILES string of the molecule is CCNc1cc(C)ncc1C(=O)N1CCS(=O)(=O)CC1. The average Bonchev–Trinajstić information content (AvgIpc) is 2.38. The van der Waals surface area contributed by atoms with Gasteiger partial charge in [0.15, 0.2) is 9.84 Å². The Morgan fingerprint density at radius 3 is 2.65 bits per heavy atom. The molecule has 110 valence electrons. The summed E-state index contributed by atoms with van der Waals surface area (Å²) < 4.78 is 22.8. The van der Waals surface area contributed by atoms with Crippen LogP contribution in [0.5, 0.6) is 0 Å². The minimum Gasteiger partial charge on any atom is -0.385 e. The molecule has 1 amide bonds. The Labute approximate surface area is 119 Å². The van der Waals surface area contributed by atoms with E-state index in [9.17, 15) is 13.2 Å². The smallest absolute Gasteiger partial charge is 0.257 e. The van der Waals surface area contributed by atoms with Crippen LogP contribution in [0.15, 0.2) is 12.3 Å². The molecule has 0 aromatic carbocycles. The quantitative estimate of drug-likeness (QED) is 0.888. The van der Waals surface area contributed by atoms with Gasteiger partial charge in [-0.15, -0.1) is 0 Å². The zero-order valence-electron chi connectivity index (χ0n) is 11.7. The van der Waals surface area contributed by atoms with Gasteiger partial charge in [0.2, 0.25) is 0 Å². The minimum absolute atomic E-state index is 0.0363. The number of pyridine rings is 1. The monoisotopic (exact) mass is 297 g/mol. The Bertz CT molecular complexity index is 599. The molecule has 2 rings (SSSR count). The van der Waals surface area contributed by atoms with Gasteiger partial charge in [0.1, 0.15) is 0 Å². The zero-order chi connectivity index (χ0) is 14.8. The van der Waals surface area contributed by atoms with Crippen molar-refractivity contribution in [1.82, 2.24) is 9.88 Å². The maximum atomic E-state index is 12.5. The molecular formula is C13H19N3O3S. The van der Waals surface area contributed by atoms with Gasteiger partial charge in [-0.25, -0.2) is 8.42 Å². The first-order chi connectivity index (χ1) is 9.43. The Balaban J connectivity index is 2.21. The van der Waals surface area contributed by atoms with Gasteiger partial charge in [-0.3, -0.25) is 9.78 Å². The third kappa shape index (κ3) is 3.27. The number of aryl methyl sites for hydroxylation is 1. The minimum atomic E-state index is -2.98. The van der Waals surface area contributed by atoms with Crippen molar-refractivity contribution in [3.63, 3.8) is 0 Å². The summed E-state index contributed by atoms with van der Waals surface area (Å²) in [5.74, 6) is -0.0910. The van der Waals surface area contributed by atoms with Crippen LogP contribution >= 0.6 is 0 Å². The standard InChI is InChI=1S/C13H19N3O3S/c1-3-14-12-8-10(2)15-9-11(12)13(17)16-4-6-20(18,19)7-5-16/h8-9H,3-7H2,1-2H3,(H,14,15). The van der Waals surface area contributed by atoms with Crippen molar-refractivity contribution in [2.45, 2.75) is 13.8 Å². The van der Waals surface area contributed by atoms with Crippen LogP contribution in [-0.2, 0) is 9.84 Å². The number of nitrogens with one attached hydrogen (secondary N) is 1. The molecule has 1 aliphatic heterocycles. The molecule has 7 heteroatoms. The van der Waals surface area contributed by atoms with Gasteiger partial charge >= 0.3 is 0 Å². The van der Waals surface area contributed by atoms with Crippen LogP contribution in [0.1, 0.15) is 23.0 Å². The molecule has 0 atom stereocenters. The number of carbonyl (C=O) groups is 1. The third-order valence-corrected chi connectivity index (χ3v) is 4.88. The van der Waals surface area contributed by atoms with Gasteiger partial charge in [-0.05, 0) is 19.9 Å². The highest BCUT2D eigenvalue weighted by Gasteiger charge is 2.27. The molecule has 0 saturated carbocycles. The fourth-order valence-corrected chi connectivity index (χ4v) is 3.35. The summed E-state index contributed by atoms with van der Waals surface area (Å²) in [5, 5.41) is 3.15. The fourth-order valence-electron chi connectivity index (χ4n) is 2.15. The Morgan fingerprint density at radius 2 is 2.05 bits per heavy atom. The van der Waals surface area contributed by atoms with Crippen LogP contribution in [0.25, 0.3) is 0 Å². The van der Waals surface area contributed by atoms with E-state index in [0.717, 1.165) is 11.4 Å². The molecule has 1 N–H and O–H groups in total. The maximum Gasteiger partial charge on any atom is 0.257 e.